The molecule has 2 heterocycles. The van der Waals surface area contributed by atoms with E-state index in [9.17, 15) is 0 Å². The van der Waals surface area contributed by atoms with Crippen LogP contribution < -0.4 is 19.5 Å². The number of pyridine rings is 1. The number of aromatic nitrogens is 3. The summed E-state index contributed by atoms with van der Waals surface area (Å²) >= 11 is 0. The summed E-state index contributed by atoms with van der Waals surface area (Å²) in [6.45, 7) is 0. The van der Waals surface area contributed by atoms with Gasteiger partial charge >= 0.3 is 0 Å². The van der Waals surface area contributed by atoms with Gasteiger partial charge in [0.2, 0.25) is 0 Å². The number of anilines is 2. The van der Waals surface area contributed by atoms with Gasteiger partial charge in [-0.15, -0.1) is 0 Å². The Morgan fingerprint density at radius 2 is 1.68 bits per heavy atom. The molecule has 4 rings (SSSR count). The molecule has 4 aromatic rings. The lowest BCUT2D eigenvalue weighted by atomic mass is 10.1. The molecule has 0 aliphatic heterocycles. The SMILES string of the molecule is COc1cc(Nc2ccnc3cc(OC)c(OC)cc23)cc(-c2ccn[nH]2)c1. The molecule has 0 saturated heterocycles. The summed E-state index contributed by atoms with van der Waals surface area (Å²) in [7, 11) is 4.87. The van der Waals surface area contributed by atoms with Gasteiger partial charge in [0, 0.05) is 46.9 Å². The molecule has 2 aromatic heterocycles. The van der Waals surface area contributed by atoms with E-state index in [1.807, 2.05) is 42.5 Å². The number of rotatable bonds is 6. The van der Waals surface area contributed by atoms with Gasteiger partial charge in [-0.3, -0.25) is 10.1 Å². The summed E-state index contributed by atoms with van der Waals surface area (Å²) in [4.78, 5) is 4.45. The predicted octanol–water partition coefficient (Wildman–Crippen LogP) is 4.39. The minimum Gasteiger partial charge on any atom is -0.497 e. The summed E-state index contributed by atoms with van der Waals surface area (Å²) in [5.74, 6) is 2.03. The van der Waals surface area contributed by atoms with Gasteiger partial charge < -0.3 is 19.5 Å². The molecule has 7 heteroatoms. The average Bonchev–Trinajstić information content (AvgIpc) is 3.27. The van der Waals surface area contributed by atoms with Crippen molar-refractivity contribution in [2.24, 2.45) is 0 Å². The number of nitrogens with one attached hydrogen (secondary N) is 2. The van der Waals surface area contributed by atoms with Gasteiger partial charge in [0.1, 0.15) is 5.75 Å². The second-order valence-electron chi connectivity index (χ2n) is 6.13. The highest BCUT2D eigenvalue weighted by atomic mass is 16.5. The highest BCUT2D eigenvalue weighted by Crippen LogP contribution is 2.36. The Morgan fingerprint density at radius 3 is 2.39 bits per heavy atom. The Morgan fingerprint density at radius 1 is 0.857 bits per heavy atom. The number of methoxy groups -OCH3 is 3. The van der Waals surface area contributed by atoms with E-state index in [4.69, 9.17) is 14.2 Å². The predicted molar refractivity (Wildman–Crippen MR) is 109 cm³/mol. The largest absolute Gasteiger partial charge is 0.497 e. The molecule has 0 saturated carbocycles. The fourth-order valence-electron chi connectivity index (χ4n) is 3.10. The van der Waals surface area contributed by atoms with Gasteiger partial charge in [-0.25, -0.2) is 0 Å². The fourth-order valence-corrected chi connectivity index (χ4v) is 3.10. The number of fused-ring (bicyclic) bond motifs is 1. The number of ether oxygens (including phenoxy) is 3. The first-order chi connectivity index (χ1) is 13.7. The third-order valence-electron chi connectivity index (χ3n) is 4.48. The van der Waals surface area contributed by atoms with Crippen molar-refractivity contribution in [1.82, 2.24) is 15.2 Å². The van der Waals surface area contributed by atoms with E-state index in [1.165, 1.54) is 0 Å². The van der Waals surface area contributed by atoms with E-state index in [0.717, 1.165) is 39.3 Å². The van der Waals surface area contributed by atoms with E-state index < -0.39 is 0 Å². The Balaban J connectivity index is 1.79. The molecule has 7 nitrogen and oxygen atoms in total. The molecule has 0 atom stereocenters. The monoisotopic (exact) mass is 376 g/mol. The lowest BCUT2D eigenvalue weighted by molar-refractivity contribution is 0.356. The van der Waals surface area contributed by atoms with Gasteiger partial charge in [-0.05, 0) is 30.3 Å². The van der Waals surface area contributed by atoms with Crippen molar-refractivity contribution in [1.29, 1.82) is 0 Å². The molecule has 0 aliphatic carbocycles. The smallest absolute Gasteiger partial charge is 0.162 e. The summed E-state index contributed by atoms with van der Waals surface area (Å²) in [5, 5.41) is 11.4. The lowest BCUT2D eigenvalue weighted by Crippen LogP contribution is -1.96. The maximum absolute atomic E-state index is 5.46. The lowest BCUT2D eigenvalue weighted by Gasteiger charge is -2.14. The normalized spacial score (nSPS) is 10.7. The van der Waals surface area contributed by atoms with Crippen LogP contribution in [0.4, 0.5) is 11.4 Å². The first kappa shape index (κ1) is 17.7. The molecule has 0 unspecified atom stereocenters. The zero-order chi connectivity index (χ0) is 19.5. The molecule has 28 heavy (non-hydrogen) atoms. The molecule has 0 aliphatic rings. The Hall–Kier alpha value is -3.74. The topological polar surface area (TPSA) is 81.3 Å². The number of benzene rings is 2. The highest BCUT2D eigenvalue weighted by molar-refractivity contribution is 5.95. The summed E-state index contributed by atoms with van der Waals surface area (Å²) in [6, 6.07) is 13.5. The van der Waals surface area contributed by atoms with Gasteiger partial charge in [-0.2, -0.15) is 5.10 Å². The molecule has 0 spiro atoms. The van der Waals surface area contributed by atoms with E-state index in [0.29, 0.717) is 11.5 Å². The Kier molecular flexibility index (Phi) is 4.72. The maximum Gasteiger partial charge on any atom is 0.162 e. The standard InChI is InChI=1S/C21H20N4O3/c1-26-15-9-13(17-5-7-23-25-17)8-14(10-15)24-18-4-6-22-19-12-21(28-3)20(27-2)11-16(18)19/h4-12H,1-3H3,(H,22,24)(H,23,25). The van der Waals surface area contributed by atoms with Crippen LogP contribution in [0, 0.1) is 0 Å². The molecule has 2 aromatic carbocycles. The minimum atomic E-state index is 0.641. The zero-order valence-corrected chi connectivity index (χ0v) is 15.8. The van der Waals surface area contributed by atoms with Crippen molar-refractivity contribution >= 4 is 22.3 Å². The number of aromatic amines is 1. The van der Waals surface area contributed by atoms with Crippen molar-refractivity contribution in [3.05, 3.63) is 54.9 Å². The highest BCUT2D eigenvalue weighted by Gasteiger charge is 2.11. The quantitative estimate of drug-likeness (QED) is 0.519. The summed E-state index contributed by atoms with van der Waals surface area (Å²) < 4.78 is 16.3. The van der Waals surface area contributed by atoms with Crippen LogP contribution in [0.2, 0.25) is 0 Å². The van der Waals surface area contributed by atoms with Crippen LogP contribution in [0.25, 0.3) is 22.2 Å². The molecule has 0 fully saturated rings. The number of hydrogen-bond donors (Lipinski definition) is 2. The van der Waals surface area contributed by atoms with E-state index in [2.05, 4.69) is 20.5 Å². The number of hydrogen-bond acceptors (Lipinski definition) is 6. The molecule has 0 bridgehead atoms. The first-order valence-electron chi connectivity index (χ1n) is 8.68. The van der Waals surface area contributed by atoms with Crippen molar-refractivity contribution in [2.75, 3.05) is 26.6 Å². The second kappa shape index (κ2) is 7.48. The van der Waals surface area contributed by atoms with Crippen molar-refractivity contribution in [3.8, 4) is 28.5 Å². The molecular formula is C21H20N4O3. The zero-order valence-electron chi connectivity index (χ0n) is 15.8. The fraction of sp³-hybridized carbons (Fsp3) is 0.143. The van der Waals surface area contributed by atoms with Crippen molar-refractivity contribution in [2.45, 2.75) is 0 Å². The minimum absolute atomic E-state index is 0.641. The third kappa shape index (κ3) is 3.29. The Labute approximate surface area is 162 Å². The van der Waals surface area contributed by atoms with E-state index in [-0.39, 0.29) is 0 Å². The maximum atomic E-state index is 5.46. The molecular weight excluding hydrogens is 356 g/mol. The Bertz CT molecular complexity index is 1110. The van der Waals surface area contributed by atoms with Crippen LogP contribution in [-0.2, 0) is 0 Å². The van der Waals surface area contributed by atoms with Gasteiger partial charge in [-0.1, -0.05) is 0 Å². The van der Waals surface area contributed by atoms with Crippen LogP contribution >= 0.6 is 0 Å². The molecule has 2 N–H and O–H groups in total. The molecule has 0 amide bonds. The number of nitrogens with zero attached hydrogens (tertiary/aromatic N) is 2. The van der Waals surface area contributed by atoms with Crippen LogP contribution in [0.3, 0.4) is 0 Å². The third-order valence-corrected chi connectivity index (χ3v) is 4.48. The number of H-pyrrole nitrogens is 1. The van der Waals surface area contributed by atoms with Crippen molar-refractivity contribution in [3.63, 3.8) is 0 Å². The van der Waals surface area contributed by atoms with Crippen LogP contribution in [0.1, 0.15) is 0 Å². The van der Waals surface area contributed by atoms with E-state index >= 15 is 0 Å². The van der Waals surface area contributed by atoms with Gasteiger partial charge in [0.25, 0.3) is 0 Å². The van der Waals surface area contributed by atoms with Crippen molar-refractivity contribution < 1.29 is 14.2 Å². The van der Waals surface area contributed by atoms with Crippen LogP contribution in [0.5, 0.6) is 17.2 Å². The van der Waals surface area contributed by atoms with E-state index in [1.54, 1.807) is 33.7 Å². The first-order valence-corrected chi connectivity index (χ1v) is 8.68. The molecule has 0 radical (unpaired) electrons. The molecule has 142 valence electrons. The van der Waals surface area contributed by atoms with Crippen LogP contribution in [0.15, 0.2) is 54.9 Å². The van der Waals surface area contributed by atoms with Crippen LogP contribution in [-0.4, -0.2) is 36.5 Å². The van der Waals surface area contributed by atoms with Gasteiger partial charge in [0.05, 0.1) is 32.5 Å². The average molecular weight is 376 g/mol. The second-order valence-corrected chi connectivity index (χ2v) is 6.13. The van der Waals surface area contributed by atoms with Gasteiger partial charge in [0.15, 0.2) is 11.5 Å². The summed E-state index contributed by atoms with van der Waals surface area (Å²) in [5.41, 5.74) is 4.46. The summed E-state index contributed by atoms with van der Waals surface area (Å²) in [6.07, 6.45) is 3.48.